The average molecular weight is 330 g/mol. The fourth-order valence-electron chi connectivity index (χ4n) is 2.41. The van der Waals surface area contributed by atoms with Gasteiger partial charge in [-0.25, -0.2) is 0 Å². The second-order valence-corrected chi connectivity index (χ2v) is 6.71. The Bertz CT molecular complexity index is 742. The van der Waals surface area contributed by atoms with Crippen LogP contribution >= 0.6 is 11.3 Å². The van der Waals surface area contributed by atoms with Crippen LogP contribution in [0, 0.1) is 6.92 Å². The Morgan fingerprint density at radius 3 is 2.96 bits per heavy atom. The molecule has 0 spiro atoms. The van der Waals surface area contributed by atoms with Gasteiger partial charge in [-0.05, 0) is 49.4 Å². The van der Waals surface area contributed by atoms with Gasteiger partial charge in [-0.2, -0.15) is 0 Å². The van der Waals surface area contributed by atoms with Crippen LogP contribution in [0.3, 0.4) is 0 Å². The first-order valence-electron chi connectivity index (χ1n) is 7.41. The lowest BCUT2D eigenvalue weighted by Crippen LogP contribution is -2.58. The number of fused-ring (bicyclic) bond motifs is 1. The summed E-state index contributed by atoms with van der Waals surface area (Å²) in [6.45, 7) is 3.88. The Kier molecular flexibility index (Phi) is 4.09. The Morgan fingerprint density at radius 1 is 1.39 bits per heavy atom. The molecule has 120 valence electrons. The van der Waals surface area contributed by atoms with Gasteiger partial charge in [0.25, 0.3) is 17.4 Å². The monoisotopic (exact) mass is 330 g/mol. The third kappa shape index (κ3) is 3.07. The van der Waals surface area contributed by atoms with Crippen molar-refractivity contribution in [2.45, 2.75) is 25.9 Å². The third-order valence-electron chi connectivity index (χ3n) is 3.80. The van der Waals surface area contributed by atoms with Gasteiger partial charge >= 0.3 is 0 Å². The van der Waals surface area contributed by atoms with Crippen LogP contribution in [0.1, 0.15) is 17.4 Å². The third-order valence-corrected chi connectivity index (χ3v) is 4.74. The van der Waals surface area contributed by atoms with Gasteiger partial charge < -0.3 is 15.4 Å². The zero-order chi connectivity index (χ0) is 16.4. The molecule has 0 fully saturated rings. The highest BCUT2D eigenvalue weighted by atomic mass is 32.1. The Balaban J connectivity index is 1.69. The molecule has 1 aromatic heterocycles. The van der Waals surface area contributed by atoms with E-state index in [9.17, 15) is 9.59 Å². The van der Waals surface area contributed by atoms with E-state index in [-0.39, 0.29) is 0 Å². The lowest BCUT2D eigenvalue weighted by molar-refractivity contribution is -0.146. The SMILES string of the molecule is Cc1ccc2c(c1)NC(=O)[C@@](C)(C(=O)NCCc1cccs1)O2. The standard InChI is InChI=1S/C17H18N2O3S/c1-11-5-6-14-13(10-11)19-16(21)17(2,22-14)15(20)18-8-7-12-4-3-9-23-12/h3-6,9-10H,7-8H2,1-2H3,(H,18,20)(H,19,21)/t17-/m1/s1. The fourth-order valence-corrected chi connectivity index (χ4v) is 3.12. The molecular formula is C17H18N2O3S. The molecule has 0 saturated heterocycles. The molecule has 2 N–H and O–H groups in total. The largest absolute Gasteiger partial charge is 0.466 e. The lowest BCUT2D eigenvalue weighted by atomic mass is 10.0. The maximum absolute atomic E-state index is 12.4. The van der Waals surface area contributed by atoms with Crippen molar-refractivity contribution in [1.82, 2.24) is 5.32 Å². The molecule has 2 aromatic rings. The number of thiophene rings is 1. The smallest absolute Gasteiger partial charge is 0.278 e. The minimum absolute atomic E-state index is 0.433. The van der Waals surface area contributed by atoms with Crippen LogP contribution in [0.4, 0.5) is 5.69 Å². The number of rotatable bonds is 4. The van der Waals surface area contributed by atoms with Crippen molar-refractivity contribution in [2.24, 2.45) is 0 Å². The van der Waals surface area contributed by atoms with Crippen LogP contribution in [-0.4, -0.2) is 24.0 Å². The summed E-state index contributed by atoms with van der Waals surface area (Å²) in [5, 5.41) is 7.53. The number of anilines is 1. The van der Waals surface area contributed by atoms with Gasteiger partial charge in [0.15, 0.2) is 0 Å². The van der Waals surface area contributed by atoms with E-state index >= 15 is 0 Å². The predicted octanol–water partition coefficient (Wildman–Crippen LogP) is 2.51. The zero-order valence-corrected chi connectivity index (χ0v) is 13.8. The number of ether oxygens (including phenoxy) is 1. The summed E-state index contributed by atoms with van der Waals surface area (Å²) in [7, 11) is 0. The van der Waals surface area contributed by atoms with Crippen LogP contribution < -0.4 is 15.4 Å². The number of hydrogen-bond acceptors (Lipinski definition) is 4. The quantitative estimate of drug-likeness (QED) is 0.847. The molecule has 0 bridgehead atoms. The molecule has 2 heterocycles. The van der Waals surface area contributed by atoms with E-state index in [1.165, 1.54) is 11.8 Å². The second-order valence-electron chi connectivity index (χ2n) is 5.67. The zero-order valence-electron chi connectivity index (χ0n) is 13.0. The van der Waals surface area contributed by atoms with Crippen molar-refractivity contribution in [2.75, 3.05) is 11.9 Å². The predicted molar refractivity (Wildman–Crippen MR) is 89.9 cm³/mol. The Morgan fingerprint density at radius 2 is 2.22 bits per heavy atom. The van der Waals surface area contributed by atoms with E-state index in [1.807, 2.05) is 36.6 Å². The topological polar surface area (TPSA) is 67.4 Å². The van der Waals surface area contributed by atoms with Crippen molar-refractivity contribution >= 4 is 28.8 Å². The van der Waals surface area contributed by atoms with Crippen molar-refractivity contribution in [3.05, 3.63) is 46.2 Å². The summed E-state index contributed by atoms with van der Waals surface area (Å²) in [6, 6.07) is 9.45. The van der Waals surface area contributed by atoms with Gasteiger partial charge in [0, 0.05) is 11.4 Å². The minimum Gasteiger partial charge on any atom is -0.466 e. The Labute approximate surface area is 138 Å². The fraction of sp³-hybridized carbons (Fsp3) is 0.294. The van der Waals surface area contributed by atoms with Crippen LogP contribution in [0.25, 0.3) is 0 Å². The number of aryl methyl sites for hydroxylation is 1. The van der Waals surface area contributed by atoms with Crippen LogP contribution in [0.15, 0.2) is 35.7 Å². The van der Waals surface area contributed by atoms with Crippen LogP contribution in [-0.2, 0) is 16.0 Å². The van der Waals surface area contributed by atoms with Gasteiger partial charge in [-0.3, -0.25) is 9.59 Å². The highest BCUT2D eigenvalue weighted by molar-refractivity contribution is 7.09. The van der Waals surface area contributed by atoms with E-state index in [4.69, 9.17) is 4.74 Å². The highest BCUT2D eigenvalue weighted by Crippen LogP contribution is 2.34. The molecule has 23 heavy (non-hydrogen) atoms. The summed E-state index contributed by atoms with van der Waals surface area (Å²) < 4.78 is 5.71. The van der Waals surface area contributed by atoms with Gasteiger partial charge in [0.2, 0.25) is 0 Å². The molecule has 2 amide bonds. The maximum Gasteiger partial charge on any atom is 0.278 e. The molecule has 1 atom stereocenters. The molecular weight excluding hydrogens is 312 g/mol. The van der Waals surface area contributed by atoms with Crippen LogP contribution in [0.5, 0.6) is 5.75 Å². The molecule has 1 aromatic carbocycles. The summed E-state index contributed by atoms with van der Waals surface area (Å²) >= 11 is 1.64. The summed E-state index contributed by atoms with van der Waals surface area (Å²) in [6.07, 6.45) is 0.733. The van der Waals surface area contributed by atoms with Gasteiger partial charge in [-0.15, -0.1) is 11.3 Å². The highest BCUT2D eigenvalue weighted by Gasteiger charge is 2.47. The number of carbonyl (C=O) groups is 2. The lowest BCUT2D eigenvalue weighted by Gasteiger charge is -2.33. The number of nitrogens with one attached hydrogen (secondary N) is 2. The first-order chi connectivity index (χ1) is 11.0. The van der Waals surface area contributed by atoms with Crippen molar-refractivity contribution in [3.63, 3.8) is 0 Å². The normalized spacial score (nSPS) is 19.5. The molecule has 0 unspecified atom stereocenters. The molecule has 1 aliphatic heterocycles. The molecule has 0 aliphatic carbocycles. The van der Waals surface area contributed by atoms with Gasteiger partial charge in [0.1, 0.15) is 5.75 Å². The molecule has 1 aliphatic rings. The molecule has 3 rings (SSSR count). The first-order valence-corrected chi connectivity index (χ1v) is 8.29. The number of carbonyl (C=O) groups excluding carboxylic acids is 2. The van der Waals surface area contributed by atoms with Gasteiger partial charge in [-0.1, -0.05) is 12.1 Å². The number of benzene rings is 1. The average Bonchev–Trinajstić information content (AvgIpc) is 3.02. The van der Waals surface area contributed by atoms with Crippen LogP contribution in [0.2, 0.25) is 0 Å². The van der Waals surface area contributed by atoms with E-state index < -0.39 is 17.4 Å². The van der Waals surface area contributed by atoms with Gasteiger partial charge in [0.05, 0.1) is 5.69 Å². The molecule has 5 nitrogen and oxygen atoms in total. The summed E-state index contributed by atoms with van der Waals surface area (Å²) in [4.78, 5) is 26.0. The summed E-state index contributed by atoms with van der Waals surface area (Å²) in [5.41, 5.74) is 0.0491. The summed E-state index contributed by atoms with van der Waals surface area (Å²) in [5.74, 6) is -0.381. The maximum atomic E-state index is 12.4. The first kappa shape index (κ1) is 15.6. The molecule has 0 radical (unpaired) electrons. The Hall–Kier alpha value is -2.34. The minimum atomic E-state index is -1.56. The van der Waals surface area contributed by atoms with E-state index in [0.717, 1.165) is 12.0 Å². The van der Waals surface area contributed by atoms with Crippen molar-refractivity contribution < 1.29 is 14.3 Å². The second kappa shape index (κ2) is 6.04. The number of amides is 2. The molecule has 0 saturated carbocycles. The molecule has 6 heteroatoms. The van der Waals surface area contributed by atoms with E-state index in [0.29, 0.717) is 18.0 Å². The van der Waals surface area contributed by atoms with E-state index in [2.05, 4.69) is 10.6 Å². The number of hydrogen-bond donors (Lipinski definition) is 2. The van der Waals surface area contributed by atoms with Crippen molar-refractivity contribution in [1.29, 1.82) is 0 Å². The van der Waals surface area contributed by atoms with E-state index in [1.54, 1.807) is 17.4 Å². The van der Waals surface area contributed by atoms with Crippen molar-refractivity contribution in [3.8, 4) is 5.75 Å².